The first-order valence-electron chi connectivity index (χ1n) is 5.87. The predicted molar refractivity (Wildman–Crippen MR) is 75.8 cm³/mol. The molecule has 0 bridgehead atoms. The SMILES string of the molecule is CCc1cc2c(=O)n(CC3CC3(Cl)Cl)cnc2s1. The fourth-order valence-electron chi connectivity index (χ4n) is 2.02. The van der Waals surface area contributed by atoms with Gasteiger partial charge in [-0.15, -0.1) is 34.5 Å². The van der Waals surface area contributed by atoms with Gasteiger partial charge >= 0.3 is 0 Å². The molecule has 1 aliphatic rings. The van der Waals surface area contributed by atoms with Crippen molar-refractivity contribution in [3.63, 3.8) is 0 Å². The number of aromatic nitrogens is 2. The molecule has 0 N–H and O–H groups in total. The second kappa shape index (κ2) is 4.22. The highest BCUT2D eigenvalue weighted by molar-refractivity contribution is 7.18. The number of thiophene rings is 1. The van der Waals surface area contributed by atoms with Crippen molar-refractivity contribution >= 4 is 44.8 Å². The average molecular weight is 303 g/mol. The maximum Gasteiger partial charge on any atom is 0.262 e. The van der Waals surface area contributed by atoms with Crippen LogP contribution < -0.4 is 5.56 Å². The number of hydrogen-bond acceptors (Lipinski definition) is 3. The van der Waals surface area contributed by atoms with Crippen molar-refractivity contribution in [2.45, 2.75) is 30.6 Å². The molecule has 96 valence electrons. The van der Waals surface area contributed by atoms with Crippen LogP contribution in [0.1, 0.15) is 18.2 Å². The molecule has 0 aliphatic heterocycles. The first-order valence-corrected chi connectivity index (χ1v) is 7.44. The zero-order chi connectivity index (χ0) is 12.9. The lowest BCUT2D eigenvalue weighted by Gasteiger charge is -2.04. The highest BCUT2D eigenvalue weighted by Gasteiger charge is 2.51. The van der Waals surface area contributed by atoms with Gasteiger partial charge in [0, 0.05) is 17.3 Å². The first kappa shape index (κ1) is 12.5. The standard InChI is InChI=1S/C12H12Cl2N2OS/c1-2-8-3-9-10(18-8)15-6-16(11(9)17)5-7-4-12(7,13)14/h3,6-7H,2,4-5H2,1H3. The molecule has 18 heavy (non-hydrogen) atoms. The molecule has 2 heterocycles. The average Bonchev–Trinajstić information content (AvgIpc) is 2.77. The van der Waals surface area contributed by atoms with E-state index >= 15 is 0 Å². The van der Waals surface area contributed by atoms with Crippen LogP contribution in [0, 0.1) is 5.92 Å². The summed E-state index contributed by atoms with van der Waals surface area (Å²) in [5.74, 6) is 0.155. The van der Waals surface area contributed by atoms with Gasteiger partial charge in [-0.2, -0.15) is 0 Å². The van der Waals surface area contributed by atoms with Crippen LogP contribution in [0.15, 0.2) is 17.2 Å². The van der Waals surface area contributed by atoms with E-state index in [0.717, 1.165) is 17.7 Å². The molecule has 0 radical (unpaired) electrons. The lowest BCUT2D eigenvalue weighted by Crippen LogP contribution is -2.21. The van der Waals surface area contributed by atoms with Gasteiger partial charge in [-0.3, -0.25) is 9.36 Å². The first-order chi connectivity index (χ1) is 8.51. The quantitative estimate of drug-likeness (QED) is 0.816. The van der Waals surface area contributed by atoms with Gasteiger partial charge in [0.1, 0.15) is 9.16 Å². The van der Waals surface area contributed by atoms with E-state index in [-0.39, 0.29) is 11.5 Å². The minimum absolute atomic E-state index is 0.00647. The summed E-state index contributed by atoms with van der Waals surface area (Å²) in [7, 11) is 0. The monoisotopic (exact) mass is 302 g/mol. The van der Waals surface area contributed by atoms with Gasteiger partial charge in [0.05, 0.1) is 11.7 Å². The molecule has 0 saturated heterocycles. The molecule has 0 aromatic carbocycles. The minimum Gasteiger partial charge on any atom is -0.298 e. The minimum atomic E-state index is -0.655. The predicted octanol–water partition coefficient (Wildman–Crippen LogP) is 3.21. The summed E-state index contributed by atoms with van der Waals surface area (Å²) in [5, 5.41) is 0.703. The third-order valence-corrected chi connectivity index (χ3v) is 5.40. The van der Waals surface area contributed by atoms with Crippen LogP contribution >= 0.6 is 34.5 Å². The maximum absolute atomic E-state index is 12.3. The van der Waals surface area contributed by atoms with Gasteiger partial charge in [-0.25, -0.2) is 4.98 Å². The van der Waals surface area contributed by atoms with Crippen molar-refractivity contribution in [3.05, 3.63) is 27.6 Å². The molecule has 2 aromatic heterocycles. The summed E-state index contributed by atoms with van der Waals surface area (Å²) >= 11 is 13.5. The highest BCUT2D eigenvalue weighted by atomic mass is 35.5. The number of rotatable bonds is 3. The third-order valence-electron chi connectivity index (χ3n) is 3.29. The topological polar surface area (TPSA) is 34.9 Å². The molecule has 1 unspecified atom stereocenters. The molecule has 0 spiro atoms. The van der Waals surface area contributed by atoms with Crippen LogP contribution in [0.5, 0.6) is 0 Å². The van der Waals surface area contributed by atoms with Crippen LogP contribution in [0.2, 0.25) is 0 Å². The second-order valence-corrected chi connectivity index (χ2v) is 7.31. The molecule has 3 nitrogen and oxygen atoms in total. The Morgan fingerprint density at radius 3 is 2.94 bits per heavy atom. The molecule has 6 heteroatoms. The van der Waals surface area contributed by atoms with Gasteiger partial charge in [0.15, 0.2) is 0 Å². The zero-order valence-corrected chi connectivity index (χ0v) is 12.1. The van der Waals surface area contributed by atoms with Crippen molar-refractivity contribution in [2.75, 3.05) is 0 Å². The third kappa shape index (κ3) is 2.06. The number of nitrogens with zero attached hydrogens (tertiary/aromatic N) is 2. The summed E-state index contributed by atoms with van der Waals surface area (Å²) < 4.78 is 0.962. The Morgan fingerprint density at radius 2 is 2.33 bits per heavy atom. The summed E-state index contributed by atoms with van der Waals surface area (Å²) in [6, 6.07) is 1.94. The number of halogens is 2. The van der Waals surface area contributed by atoms with E-state index in [1.807, 2.05) is 6.07 Å². The summed E-state index contributed by atoms with van der Waals surface area (Å²) in [4.78, 5) is 18.6. The number of alkyl halides is 2. The lowest BCUT2D eigenvalue weighted by atomic mass is 10.3. The largest absolute Gasteiger partial charge is 0.298 e. The smallest absolute Gasteiger partial charge is 0.262 e. The van der Waals surface area contributed by atoms with Crippen molar-refractivity contribution < 1.29 is 0 Å². The Balaban J connectivity index is 1.98. The molecule has 1 fully saturated rings. The van der Waals surface area contributed by atoms with Crippen molar-refractivity contribution in [3.8, 4) is 0 Å². The van der Waals surface area contributed by atoms with E-state index in [1.54, 1.807) is 22.2 Å². The van der Waals surface area contributed by atoms with E-state index in [9.17, 15) is 4.79 Å². The van der Waals surface area contributed by atoms with Crippen LogP contribution in [0.3, 0.4) is 0 Å². The van der Waals surface area contributed by atoms with E-state index in [0.29, 0.717) is 11.9 Å². The molecule has 1 atom stereocenters. The molecule has 2 aromatic rings. The zero-order valence-electron chi connectivity index (χ0n) is 9.82. The second-order valence-electron chi connectivity index (χ2n) is 4.65. The number of fused-ring (bicyclic) bond motifs is 1. The summed E-state index contributed by atoms with van der Waals surface area (Å²) in [5.41, 5.74) is 0.00647. The van der Waals surface area contributed by atoms with E-state index < -0.39 is 4.33 Å². The Labute approximate surface area is 118 Å². The van der Waals surface area contributed by atoms with Crippen LogP contribution in [0.4, 0.5) is 0 Å². The van der Waals surface area contributed by atoms with Crippen molar-refractivity contribution in [1.29, 1.82) is 0 Å². The fourth-order valence-corrected chi connectivity index (χ4v) is 3.46. The van der Waals surface area contributed by atoms with Gasteiger partial charge in [0.25, 0.3) is 5.56 Å². The van der Waals surface area contributed by atoms with Gasteiger partial charge in [-0.1, -0.05) is 6.92 Å². The molecular weight excluding hydrogens is 291 g/mol. The number of aryl methyl sites for hydroxylation is 1. The Kier molecular flexibility index (Phi) is 2.92. The molecule has 3 rings (SSSR count). The van der Waals surface area contributed by atoms with E-state index in [1.165, 1.54) is 4.88 Å². The summed E-state index contributed by atoms with van der Waals surface area (Å²) in [6.45, 7) is 2.62. The number of hydrogen-bond donors (Lipinski definition) is 0. The molecular formula is C12H12Cl2N2OS. The Morgan fingerprint density at radius 1 is 1.61 bits per heavy atom. The van der Waals surface area contributed by atoms with Crippen LogP contribution in [-0.4, -0.2) is 13.9 Å². The Hall–Kier alpha value is -0.580. The Bertz CT molecular complexity index is 662. The summed E-state index contributed by atoms with van der Waals surface area (Å²) in [6.07, 6.45) is 3.27. The van der Waals surface area contributed by atoms with Crippen LogP contribution in [0.25, 0.3) is 10.2 Å². The molecule has 1 saturated carbocycles. The van der Waals surface area contributed by atoms with Gasteiger partial charge in [-0.05, 0) is 18.9 Å². The van der Waals surface area contributed by atoms with E-state index in [2.05, 4.69) is 11.9 Å². The fraction of sp³-hybridized carbons (Fsp3) is 0.500. The lowest BCUT2D eigenvalue weighted by molar-refractivity contribution is 0.597. The van der Waals surface area contributed by atoms with Crippen LogP contribution in [-0.2, 0) is 13.0 Å². The van der Waals surface area contributed by atoms with Gasteiger partial charge < -0.3 is 0 Å². The van der Waals surface area contributed by atoms with Crippen molar-refractivity contribution in [1.82, 2.24) is 9.55 Å². The molecule has 1 aliphatic carbocycles. The molecule has 0 amide bonds. The maximum atomic E-state index is 12.3. The highest BCUT2D eigenvalue weighted by Crippen LogP contribution is 2.53. The normalized spacial score (nSPS) is 21.4. The van der Waals surface area contributed by atoms with Crippen molar-refractivity contribution in [2.24, 2.45) is 5.92 Å². The van der Waals surface area contributed by atoms with Gasteiger partial charge in [0.2, 0.25) is 0 Å². The van der Waals surface area contributed by atoms with E-state index in [4.69, 9.17) is 23.2 Å².